The van der Waals surface area contributed by atoms with Crippen molar-refractivity contribution in [2.75, 3.05) is 11.2 Å². The number of carbonyl (C=O) groups is 1. The molecule has 0 aromatic heterocycles. The Bertz CT molecular complexity index is 379. The van der Waals surface area contributed by atoms with E-state index in [0.29, 0.717) is 5.88 Å². The van der Waals surface area contributed by atoms with E-state index >= 15 is 0 Å². The summed E-state index contributed by atoms with van der Waals surface area (Å²) >= 11 is 5.77. The maximum Gasteiger partial charge on any atom is 0.231 e. The predicted molar refractivity (Wildman–Crippen MR) is 69.0 cm³/mol. The molecule has 16 heavy (non-hydrogen) atoms. The second kappa shape index (κ2) is 4.88. The van der Waals surface area contributed by atoms with Crippen LogP contribution in [-0.4, -0.2) is 11.8 Å². The van der Waals surface area contributed by atoms with E-state index in [1.807, 2.05) is 45.9 Å². The van der Waals surface area contributed by atoms with E-state index in [2.05, 4.69) is 5.32 Å². The van der Waals surface area contributed by atoms with Gasteiger partial charge in [0.2, 0.25) is 5.91 Å². The molecule has 0 saturated heterocycles. The Morgan fingerprint density at radius 3 is 2.25 bits per heavy atom. The van der Waals surface area contributed by atoms with E-state index in [0.717, 1.165) is 16.8 Å². The third kappa shape index (κ3) is 2.76. The Morgan fingerprint density at radius 2 is 1.81 bits per heavy atom. The van der Waals surface area contributed by atoms with Crippen LogP contribution >= 0.6 is 11.6 Å². The lowest BCUT2D eigenvalue weighted by molar-refractivity contribution is -0.122. The number of para-hydroxylation sites is 1. The van der Waals surface area contributed by atoms with E-state index in [-0.39, 0.29) is 5.91 Å². The van der Waals surface area contributed by atoms with Crippen molar-refractivity contribution in [1.29, 1.82) is 0 Å². The van der Waals surface area contributed by atoms with Crippen LogP contribution in [0.25, 0.3) is 0 Å². The second-order valence-corrected chi connectivity index (χ2v) is 5.01. The molecular formula is C13H18ClNO. The Kier molecular flexibility index (Phi) is 3.98. The second-order valence-electron chi connectivity index (χ2n) is 4.74. The van der Waals surface area contributed by atoms with Gasteiger partial charge in [-0.15, -0.1) is 11.6 Å². The lowest BCUT2D eigenvalue weighted by atomic mass is 9.94. The van der Waals surface area contributed by atoms with Crippen LogP contribution in [0.4, 0.5) is 5.69 Å². The first kappa shape index (κ1) is 13.0. The summed E-state index contributed by atoms with van der Waals surface area (Å²) in [6.45, 7) is 7.64. The van der Waals surface area contributed by atoms with Crippen LogP contribution in [0.1, 0.15) is 25.0 Å². The molecule has 0 saturated carbocycles. The molecule has 88 valence electrons. The predicted octanol–water partition coefficient (Wildman–Crippen LogP) is 3.51. The lowest BCUT2D eigenvalue weighted by Gasteiger charge is -2.22. The highest BCUT2D eigenvalue weighted by molar-refractivity contribution is 6.20. The van der Waals surface area contributed by atoms with Crippen LogP contribution in [-0.2, 0) is 4.79 Å². The fourth-order valence-electron chi connectivity index (χ4n) is 1.36. The number of anilines is 1. The SMILES string of the molecule is Cc1cccc(C)c1NC(=O)C(C)(C)CCl. The van der Waals surface area contributed by atoms with Gasteiger partial charge in [-0.2, -0.15) is 0 Å². The van der Waals surface area contributed by atoms with Crippen molar-refractivity contribution in [1.82, 2.24) is 0 Å². The van der Waals surface area contributed by atoms with Crippen LogP contribution in [0.2, 0.25) is 0 Å². The summed E-state index contributed by atoms with van der Waals surface area (Å²) in [5, 5.41) is 2.95. The minimum Gasteiger partial charge on any atom is -0.325 e. The normalized spacial score (nSPS) is 11.3. The van der Waals surface area contributed by atoms with E-state index in [9.17, 15) is 4.79 Å². The Hall–Kier alpha value is -1.02. The minimum atomic E-state index is -0.545. The van der Waals surface area contributed by atoms with Gasteiger partial charge >= 0.3 is 0 Å². The number of aryl methyl sites for hydroxylation is 2. The van der Waals surface area contributed by atoms with Gasteiger partial charge in [-0.05, 0) is 38.8 Å². The molecule has 0 unspecified atom stereocenters. The number of hydrogen-bond acceptors (Lipinski definition) is 1. The average molecular weight is 240 g/mol. The minimum absolute atomic E-state index is 0.0418. The van der Waals surface area contributed by atoms with Gasteiger partial charge in [0.1, 0.15) is 0 Å². The topological polar surface area (TPSA) is 29.1 Å². The summed E-state index contributed by atoms with van der Waals surface area (Å²) in [4.78, 5) is 12.0. The van der Waals surface area contributed by atoms with Crippen molar-refractivity contribution >= 4 is 23.2 Å². The Balaban J connectivity index is 2.94. The number of hydrogen-bond donors (Lipinski definition) is 1. The van der Waals surface area contributed by atoms with E-state index < -0.39 is 5.41 Å². The molecule has 1 aromatic carbocycles. The molecule has 0 fully saturated rings. The van der Waals surface area contributed by atoms with Crippen molar-refractivity contribution in [3.8, 4) is 0 Å². The zero-order valence-electron chi connectivity index (χ0n) is 10.2. The standard InChI is InChI=1S/C13H18ClNO/c1-9-6-5-7-10(2)11(9)15-12(16)13(3,4)8-14/h5-7H,8H2,1-4H3,(H,15,16). The molecule has 0 bridgehead atoms. The third-order valence-electron chi connectivity index (χ3n) is 2.67. The number of nitrogens with one attached hydrogen (secondary N) is 1. The van der Waals surface area contributed by atoms with Crippen molar-refractivity contribution in [2.24, 2.45) is 5.41 Å². The molecule has 1 rings (SSSR count). The monoisotopic (exact) mass is 239 g/mol. The average Bonchev–Trinajstić information content (AvgIpc) is 2.23. The third-order valence-corrected chi connectivity index (χ3v) is 3.34. The summed E-state index contributed by atoms with van der Waals surface area (Å²) in [5.41, 5.74) is 2.49. The van der Waals surface area contributed by atoms with Crippen molar-refractivity contribution in [3.05, 3.63) is 29.3 Å². The Morgan fingerprint density at radius 1 is 1.31 bits per heavy atom. The highest BCUT2D eigenvalue weighted by Crippen LogP contribution is 2.24. The quantitative estimate of drug-likeness (QED) is 0.804. The number of benzene rings is 1. The highest BCUT2D eigenvalue weighted by atomic mass is 35.5. The van der Waals surface area contributed by atoms with Gasteiger partial charge in [0.05, 0.1) is 5.41 Å². The molecule has 2 nitrogen and oxygen atoms in total. The fourth-order valence-corrected chi connectivity index (χ4v) is 1.48. The van der Waals surface area contributed by atoms with Gasteiger partial charge < -0.3 is 5.32 Å². The number of carbonyl (C=O) groups excluding carboxylic acids is 1. The van der Waals surface area contributed by atoms with Crippen molar-refractivity contribution < 1.29 is 4.79 Å². The fraction of sp³-hybridized carbons (Fsp3) is 0.462. The van der Waals surface area contributed by atoms with Crippen LogP contribution in [0.15, 0.2) is 18.2 Å². The lowest BCUT2D eigenvalue weighted by Crippen LogP contribution is -2.32. The van der Waals surface area contributed by atoms with Crippen LogP contribution in [0.3, 0.4) is 0 Å². The van der Waals surface area contributed by atoms with E-state index in [4.69, 9.17) is 11.6 Å². The molecule has 0 radical (unpaired) electrons. The van der Waals surface area contributed by atoms with Crippen LogP contribution < -0.4 is 5.32 Å². The molecule has 0 aliphatic rings. The number of alkyl halides is 1. The summed E-state index contributed by atoms with van der Waals surface area (Å²) in [5.74, 6) is 0.268. The summed E-state index contributed by atoms with van der Waals surface area (Å²) < 4.78 is 0. The molecule has 0 spiro atoms. The Labute approximate surface area is 102 Å². The molecule has 1 amide bonds. The van der Waals surface area contributed by atoms with Crippen LogP contribution in [0.5, 0.6) is 0 Å². The molecule has 1 N–H and O–H groups in total. The number of halogens is 1. The van der Waals surface area contributed by atoms with Gasteiger partial charge in [0.25, 0.3) is 0 Å². The van der Waals surface area contributed by atoms with Gasteiger partial charge in [-0.1, -0.05) is 18.2 Å². The first-order chi connectivity index (χ1) is 7.38. The first-order valence-electron chi connectivity index (χ1n) is 5.32. The summed E-state index contributed by atoms with van der Waals surface area (Å²) in [7, 11) is 0. The van der Waals surface area contributed by atoms with Crippen molar-refractivity contribution in [3.63, 3.8) is 0 Å². The maximum atomic E-state index is 12.0. The van der Waals surface area contributed by atoms with Gasteiger partial charge in [0.15, 0.2) is 0 Å². The first-order valence-corrected chi connectivity index (χ1v) is 5.85. The van der Waals surface area contributed by atoms with Gasteiger partial charge in [0, 0.05) is 11.6 Å². The smallest absolute Gasteiger partial charge is 0.231 e. The number of rotatable bonds is 3. The highest BCUT2D eigenvalue weighted by Gasteiger charge is 2.27. The van der Waals surface area contributed by atoms with E-state index in [1.54, 1.807) is 0 Å². The largest absolute Gasteiger partial charge is 0.325 e. The van der Waals surface area contributed by atoms with Crippen LogP contribution in [0, 0.1) is 19.3 Å². The van der Waals surface area contributed by atoms with E-state index in [1.165, 1.54) is 0 Å². The molecule has 0 atom stereocenters. The molecule has 1 aromatic rings. The zero-order valence-corrected chi connectivity index (χ0v) is 11.0. The van der Waals surface area contributed by atoms with Gasteiger partial charge in [-0.3, -0.25) is 4.79 Å². The molecule has 0 aliphatic heterocycles. The molecule has 0 heterocycles. The molecule has 0 aliphatic carbocycles. The summed E-state index contributed by atoms with van der Waals surface area (Å²) in [6.07, 6.45) is 0. The molecule has 3 heteroatoms. The van der Waals surface area contributed by atoms with Gasteiger partial charge in [-0.25, -0.2) is 0 Å². The van der Waals surface area contributed by atoms with Crippen molar-refractivity contribution in [2.45, 2.75) is 27.7 Å². The summed E-state index contributed by atoms with van der Waals surface area (Å²) in [6, 6.07) is 5.94. The molecular weight excluding hydrogens is 222 g/mol. The maximum absolute atomic E-state index is 12.0. The number of amides is 1. The zero-order chi connectivity index (χ0) is 12.3.